The van der Waals surface area contributed by atoms with E-state index in [1.54, 1.807) is 0 Å². The number of hydrogen-bond donors (Lipinski definition) is 1. The van der Waals surface area contributed by atoms with Crippen molar-refractivity contribution in [3.05, 3.63) is 65.2 Å². The molecule has 0 radical (unpaired) electrons. The van der Waals surface area contributed by atoms with Crippen LogP contribution in [-0.2, 0) is 17.6 Å². The topological polar surface area (TPSA) is 32.3 Å². The molecule has 3 heteroatoms. The van der Waals surface area contributed by atoms with Crippen LogP contribution >= 0.6 is 0 Å². The third kappa shape index (κ3) is 5.78. The maximum absolute atomic E-state index is 11.9. The molecule has 0 spiro atoms. The van der Waals surface area contributed by atoms with E-state index in [4.69, 9.17) is 0 Å². The lowest BCUT2D eigenvalue weighted by Crippen LogP contribution is -2.25. The summed E-state index contributed by atoms with van der Waals surface area (Å²) in [6.45, 7) is 2.76. The molecule has 1 N–H and O–H groups in total. The van der Waals surface area contributed by atoms with Crippen molar-refractivity contribution in [2.24, 2.45) is 0 Å². The fourth-order valence-corrected chi connectivity index (χ4v) is 2.41. The van der Waals surface area contributed by atoms with Gasteiger partial charge in [0.05, 0.1) is 0 Å². The average Bonchev–Trinajstić information content (AvgIpc) is 2.55. The molecule has 0 heterocycles. The van der Waals surface area contributed by atoms with Crippen LogP contribution < -0.4 is 10.2 Å². The Morgan fingerprint density at radius 3 is 2.09 bits per heavy atom. The zero-order valence-electron chi connectivity index (χ0n) is 14.3. The Kier molecular flexibility index (Phi) is 6.21. The lowest BCUT2D eigenvalue weighted by molar-refractivity contribution is -0.121. The monoisotopic (exact) mass is 310 g/mol. The average molecular weight is 310 g/mol. The second-order valence-corrected chi connectivity index (χ2v) is 6.15. The van der Waals surface area contributed by atoms with E-state index in [0.29, 0.717) is 13.0 Å². The largest absolute Gasteiger partial charge is 0.378 e. The van der Waals surface area contributed by atoms with Crippen molar-refractivity contribution in [2.75, 3.05) is 25.5 Å². The van der Waals surface area contributed by atoms with Gasteiger partial charge in [0, 0.05) is 32.7 Å². The standard InChI is InChI=1S/C20H26N2O/c1-16-4-6-17(7-5-16)10-13-20(23)21-15-14-18-8-11-19(12-9-18)22(2)3/h4-9,11-12H,10,13-15H2,1-3H3,(H,21,23). The number of carbonyl (C=O) groups excluding carboxylic acids is 1. The van der Waals surface area contributed by atoms with E-state index >= 15 is 0 Å². The van der Waals surface area contributed by atoms with Crippen LogP contribution in [0.25, 0.3) is 0 Å². The Balaban J connectivity index is 1.69. The molecule has 122 valence electrons. The molecular weight excluding hydrogens is 284 g/mol. The summed E-state index contributed by atoms with van der Waals surface area (Å²) in [4.78, 5) is 14.0. The second kappa shape index (κ2) is 8.37. The van der Waals surface area contributed by atoms with Gasteiger partial charge in [-0.15, -0.1) is 0 Å². The summed E-state index contributed by atoms with van der Waals surface area (Å²) >= 11 is 0. The van der Waals surface area contributed by atoms with E-state index in [2.05, 4.69) is 65.7 Å². The van der Waals surface area contributed by atoms with E-state index < -0.39 is 0 Å². The van der Waals surface area contributed by atoms with E-state index in [0.717, 1.165) is 12.8 Å². The number of amides is 1. The van der Waals surface area contributed by atoms with Crippen molar-refractivity contribution in [1.82, 2.24) is 5.32 Å². The first-order valence-corrected chi connectivity index (χ1v) is 8.13. The zero-order valence-corrected chi connectivity index (χ0v) is 14.3. The van der Waals surface area contributed by atoms with Crippen LogP contribution in [0, 0.1) is 6.92 Å². The van der Waals surface area contributed by atoms with E-state index in [1.807, 2.05) is 14.1 Å². The van der Waals surface area contributed by atoms with Crippen molar-refractivity contribution >= 4 is 11.6 Å². The number of anilines is 1. The van der Waals surface area contributed by atoms with E-state index in [1.165, 1.54) is 22.4 Å². The summed E-state index contributed by atoms with van der Waals surface area (Å²) in [7, 11) is 4.06. The summed E-state index contributed by atoms with van der Waals surface area (Å²) in [6, 6.07) is 16.8. The zero-order chi connectivity index (χ0) is 16.7. The first kappa shape index (κ1) is 17.1. The summed E-state index contributed by atoms with van der Waals surface area (Å²) in [5.41, 5.74) is 4.90. The number of aryl methyl sites for hydroxylation is 2. The molecule has 0 aliphatic rings. The highest BCUT2D eigenvalue weighted by atomic mass is 16.1. The molecule has 0 saturated carbocycles. The van der Waals surface area contributed by atoms with Crippen molar-refractivity contribution < 1.29 is 4.79 Å². The number of carbonyl (C=O) groups is 1. The minimum absolute atomic E-state index is 0.121. The molecule has 2 aromatic carbocycles. The van der Waals surface area contributed by atoms with Gasteiger partial charge in [0.1, 0.15) is 0 Å². The van der Waals surface area contributed by atoms with Crippen LogP contribution in [0.2, 0.25) is 0 Å². The second-order valence-electron chi connectivity index (χ2n) is 6.15. The molecule has 0 saturated heterocycles. The van der Waals surface area contributed by atoms with Gasteiger partial charge in [0.15, 0.2) is 0 Å². The molecule has 23 heavy (non-hydrogen) atoms. The third-order valence-electron chi connectivity index (χ3n) is 3.95. The van der Waals surface area contributed by atoms with Crippen LogP contribution in [0.3, 0.4) is 0 Å². The normalized spacial score (nSPS) is 10.4. The fraction of sp³-hybridized carbons (Fsp3) is 0.350. The van der Waals surface area contributed by atoms with Gasteiger partial charge in [-0.25, -0.2) is 0 Å². The van der Waals surface area contributed by atoms with Crippen LogP contribution in [0.4, 0.5) is 5.69 Å². The van der Waals surface area contributed by atoms with Crippen molar-refractivity contribution in [3.63, 3.8) is 0 Å². The van der Waals surface area contributed by atoms with Gasteiger partial charge in [-0.3, -0.25) is 4.79 Å². The molecule has 0 aromatic heterocycles. The highest BCUT2D eigenvalue weighted by molar-refractivity contribution is 5.76. The van der Waals surface area contributed by atoms with Crippen LogP contribution in [0.1, 0.15) is 23.1 Å². The minimum Gasteiger partial charge on any atom is -0.378 e. The maximum atomic E-state index is 11.9. The Morgan fingerprint density at radius 1 is 0.913 bits per heavy atom. The third-order valence-corrected chi connectivity index (χ3v) is 3.95. The smallest absolute Gasteiger partial charge is 0.220 e. The van der Waals surface area contributed by atoms with Gasteiger partial charge in [-0.05, 0) is 43.0 Å². The highest BCUT2D eigenvalue weighted by Crippen LogP contribution is 2.12. The fourth-order valence-electron chi connectivity index (χ4n) is 2.41. The van der Waals surface area contributed by atoms with Crippen LogP contribution in [-0.4, -0.2) is 26.5 Å². The lowest BCUT2D eigenvalue weighted by Gasteiger charge is -2.12. The molecule has 0 atom stereocenters. The van der Waals surface area contributed by atoms with Gasteiger partial charge in [0.25, 0.3) is 0 Å². The molecule has 0 unspecified atom stereocenters. The van der Waals surface area contributed by atoms with Crippen LogP contribution in [0.15, 0.2) is 48.5 Å². The predicted octanol–water partition coefficient (Wildman–Crippen LogP) is 3.35. The van der Waals surface area contributed by atoms with Gasteiger partial charge in [0.2, 0.25) is 5.91 Å². The number of nitrogens with zero attached hydrogens (tertiary/aromatic N) is 1. The molecule has 0 fully saturated rings. The predicted molar refractivity (Wildman–Crippen MR) is 97.0 cm³/mol. The molecule has 3 nitrogen and oxygen atoms in total. The Morgan fingerprint density at radius 2 is 1.48 bits per heavy atom. The number of rotatable bonds is 7. The Labute approximate surface area is 139 Å². The first-order chi connectivity index (χ1) is 11.0. The van der Waals surface area contributed by atoms with Gasteiger partial charge >= 0.3 is 0 Å². The number of benzene rings is 2. The van der Waals surface area contributed by atoms with Crippen LogP contribution in [0.5, 0.6) is 0 Å². The molecule has 2 aromatic rings. The highest BCUT2D eigenvalue weighted by Gasteiger charge is 2.02. The maximum Gasteiger partial charge on any atom is 0.220 e. The molecule has 0 bridgehead atoms. The van der Waals surface area contributed by atoms with Gasteiger partial charge in [-0.1, -0.05) is 42.0 Å². The molecular formula is C20H26N2O. The minimum atomic E-state index is 0.121. The lowest BCUT2D eigenvalue weighted by atomic mass is 10.1. The van der Waals surface area contributed by atoms with Crippen molar-refractivity contribution in [2.45, 2.75) is 26.2 Å². The Hall–Kier alpha value is -2.29. The van der Waals surface area contributed by atoms with E-state index in [-0.39, 0.29) is 5.91 Å². The van der Waals surface area contributed by atoms with Gasteiger partial charge in [-0.2, -0.15) is 0 Å². The molecule has 0 aliphatic heterocycles. The first-order valence-electron chi connectivity index (χ1n) is 8.13. The van der Waals surface area contributed by atoms with E-state index in [9.17, 15) is 4.79 Å². The molecule has 1 amide bonds. The number of nitrogens with one attached hydrogen (secondary N) is 1. The molecule has 0 aliphatic carbocycles. The van der Waals surface area contributed by atoms with Gasteiger partial charge < -0.3 is 10.2 Å². The Bertz CT molecular complexity index is 615. The molecule has 2 rings (SSSR count). The van der Waals surface area contributed by atoms with Crippen molar-refractivity contribution in [3.8, 4) is 0 Å². The quantitative estimate of drug-likeness (QED) is 0.850. The summed E-state index contributed by atoms with van der Waals surface area (Å²) < 4.78 is 0. The summed E-state index contributed by atoms with van der Waals surface area (Å²) in [5, 5.41) is 3.00. The van der Waals surface area contributed by atoms with Crippen molar-refractivity contribution in [1.29, 1.82) is 0 Å². The summed E-state index contributed by atoms with van der Waals surface area (Å²) in [5.74, 6) is 0.121. The number of hydrogen-bond acceptors (Lipinski definition) is 2. The SMILES string of the molecule is Cc1ccc(CCC(=O)NCCc2ccc(N(C)C)cc2)cc1. The summed E-state index contributed by atoms with van der Waals surface area (Å²) in [6.07, 6.45) is 2.20.